The molecule has 7 heteroatoms. The molecule has 0 saturated carbocycles. The molecule has 40 heavy (non-hydrogen) atoms. The average Bonchev–Trinajstić information content (AvgIpc) is 3.19. The van der Waals surface area contributed by atoms with E-state index in [9.17, 15) is 8.42 Å². The van der Waals surface area contributed by atoms with Gasteiger partial charge in [0.1, 0.15) is 0 Å². The van der Waals surface area contributed by atoms with Crippen LogP contribution < -0.4 is 10.2 Å². The first-order valence-electron chi connectivity index (χ1n) is 13.6. The van der Waals surface area contributed by atoms with Gasteiger partial charge < -0.3 is 10.2 Å². The molecule has 0 aliphatic carbocycles. The van der Waals surface area contributed by atoms with Gasteiger partial charge in [0.15, 0.2) is 0 Å². The quantitative estimate of drug-likeness (QED) is 0.227. The highest BCUT2D eigenvalue weighted by Gasteiger charge is 2.30. The summed E-state index contributed by atoms with van der Waals surface area (Å²) < 4.78 is 29.9. The van der Waals surface area contributed by atoms with Gasteiger partial charge in [-0.1, -0.05) is 72.8 Å². The predicted molar refractivity (Wildman–Crippen MR) is 163 cm³/mol. The van der Waals surface area contributed by atoms with Gasteiger partial charge in [-0.25, -0.2) is 8.42 Å². The number of benzene rings is 4. The summed E-state index contributed by atoms with van der Waals surface area (Å²) in [4.78, 5) is 6.86. The standard InChI is InChI=1S/C33H32N4O2S/c38-40(39,33-15-6-12-27-11-4-5-14-31(27)33)37-22-21-36(20-8-19-35-30-13-7-18-34-24-30)32-17-16-28(23-29(32)25-37)26-9-2-1-3-10-26/h1-7,9-18,23-24,35H,8,19-22,25H2. The van der Waals surface area contributed by atoms with Crippen LogP contribution in [0.4, 0.5) is 11.4 Å². The number of nitrogens with zero attached hydrogens (tertiary/aromatic N) is 3. The molecule has 1 aliphatic rings. The summed E-state index contributed by atoms with van der Waals surface area (Å²) in [6, 6.07) is 33.8. The van der Waals surface area contributed by atoms with Crippen molar-refractivity contribution in [3.8, 4) is 11.1 Å². The van der Waals surface area contributed by atoms with Crippen molar-refractivity contribution >= 4 is 32.2 Å². The third-order valence-corrected chi connectivity index (χ3v) is 9.36. The van der Waals surface area contributed by atoms with E-state index >= 15 is 0 Å². The second-order valence-corrected chi connectivity index (χ2v) is 11.9. The minimum atomic E-state index is -3.73. The molecule has 5 aromatic rings. The fourth-order valence-electron chi connectivity index (χ4n) is 5.42. The van der Waals surface area contributed by atoms with Crippen molar-refractivity contribution in [1.29, 1.82) is 0 Å². The number of aromatic nitrogens is 1. The Labute approximate surface area is 236 Å². The highest BCUT2D eigenvalue weighted by atomic mass is 32.2. The normalized spacial score (nSPS) is 14.1. The van der Waals surface area contributed by atoms with Crippen molar-refractivity contribution in [1.82, 2.24) is 9.29 Å². The van der Waals surface area contributed by atoms with Crippen LogP contribution in [0.2, 0.25) is 0 Å². The molecule has 0 spiro atoms. The zero-order valence-electron chi connectivity index (χ0n) is 22.3. The molecule has 6 nitrogen and oxygen atoms in total. The predicted octanol–water partition coefficient (Wildman–Crippen LogP) is 6.41. The number of fused-ring (bicyclic) bond motifs is 2. The Bertz CT molecular complexity index is 1700. The molecular weight excluding hydrogens is 516 g/mol. The van der Waals surface area contributed by atoms with Gasteiger partial charge in [-0.3, -0.25) is 4.98 Å². The summed E-state index contributed by atoms with van der Waals surface area (Å²) in [5, 5.41) is 5.11. The minimum Gasteiger partial charge on any atom is -0.384 e. The first-order chi connectivity index (χ1) is 19.6. The van der Waals surface area contributed by atoms with Crippen LogP contribution in [0, 0.1) is 0 Å². The van der Waals surface area contributed by atoms with E-state index in [1.807, 2.05) is 72.9 Å². The zero-order chi connectivity index (χ0) is 27.4. The maximum absolute atomic E-state index is 14.1. The van der Waals surface area contributed by atoms with Crippen molar-refractivity contribution < 1.29 is 8.42 Å². The van der Waals surface area contributed by atoms with E-state index in [2.05, 4.69) is 45.5 Å². The fraction of sp³-hybridized carbons (Fsp3) is 0.182. The topological polar surface area (TPSA) is 65.5 Å². The second-order valence-electron chi connectivity index (χ2n) is 10.0. The van der Waals surface area contributed by atoms with Crippen LogP contribution in [-0.2, 0) is 16.6 Å². The van der Waals surface area contributed by atoms with Crippen molar-refractivity contribution in [2.45, 2.75) is 17.9 Å². The highest BCUT2D eigenvalue weighted by Crippen LogP contribution is 2.34. The lowest BCUT2D eigenvalue weighted by Crippen LogP contribution is -2.36. The zero-order valence-corrected chi connectivity index (χ0v) is 23.1. The first kappa shape index (κ1) is 26.0. The number of sulfonamides is 1. The summed E-state index contributed by atoms with van der Waals surface area (Å²) in [6.07, 6.45) is 4.49. The van der Waals surface area contributed by atoms with Crippen LogP contribution in [0.15, 0.2) is 120 Å². The molecule has 0 bridgehead atoms. The molecular formula is C33H32N4O2S. The Morgan fingerprint density at radius 3 is 2.48 bits per heavy atom. The number of pyridine rings is 1. The monoisotopic (exact) mass is 548 g/mol. The largest absolute Gasteiger partial charge is 0.384 e. The van der Waals surface area contributed by atoms with Crippen LogP contribution in [-0.4, -0.2) is 43.9 Å². The minimum absolute atomic E-state index is 0.325. The van der Waals surface area contributed by atoms with Gasteiger partial charge in [0.25, 0.3) is 0 Å². The van der Waals surface area contributed by atoms with Crippen molar-refractivity contribution in [3.05, 3.63) is 121 Å². The molecule has 4 aromatic carbocycles. The molecule has 1 N–H and O–H groups in total. The summed E-state index contributed by atoms with van der Waals surface area (Å²) >= 11 is 0. The van der Waals surface area contributed by atoms with E-state index in [-0.39, 0.29) is 0 Å². The number of hydrogen-bond acceptors (Lipinski definition) is 5. The maximum Gasteiger partial charge on any atom is 0.244 e. The Hall–Kier alpha value is -4.20. The smallest absolute Gasteiger partial charge is 0.244 e. The van der Waals surface area contributed by atoms with Gasteiger partial charge in [-0.2, -0.15) is 4.31 Å². The van der Waals surface area contributed by atoms with Crippen molar-refractivity contribution in [3.63, 3.8) is 0 Å². The highest BCUT2D eigenvalue weighted by molar-refractivity contribution is 7.89. The van der Waals surface area contributed by atoms with Crippen molar-refractivity contribution in [2.75, 3.05) is 36.4 Å². The van der Waals surface area contributed by atoms with Gasteiger partial charge in [0.05, 0.1) is 10.6 Å². The summed E-state index contributed by atoms with van der Waals surface area (Å²) in [5.41, 5.74) is 5.31. The Kier molecular flexibility index (Phi) is 7.49. The van der Waals surface area contributed by atoms with Crippen molar-refractivity contribution in [2.24, 2.45) is 0 Å². The third-order valence-electron chi connectivity index (χ3n) is 7.46. The van der Waals surface area contributed by atoms with E-state index in [4.69, 9.17) is 0 Å². The van der Waals surface area contributed by atoms with Gasteiger partial charge in [-0.05, 0) is 58.8 Å². The summed E-state index contributed by atoms with van der Waals surface area (Å²) in [5.74, 6) is 0. The van der Waals surface area contributed by atoms with E-state index in [0.29, 0.717) is 24.5 Å². The van der Waals surface area contributed by atoms with Gasteiger partial charge in [0, 0.05) is 56.2 Å². The Morgan fingerprint density at radius 2 is 1.62 bits per heavy atom. The van der Waals surface area contributed by atoms with E-state index < -0.39 is 10.0 Å². The molecule has 0 amide bonds. The lowest BCUT2D eigenvalue weighted by molar-refractivity contribution is 0.419. The lowest BCUT2D eigenvalue weighted by Gasteiger charge is -2.25. The van der Waals surface area contributed by atoms with E-state index in [1.54, 1.807) is 16.6 Å². The van der Waals surface area contributed by atoms with Crippen LogP contribution in [0.5, 0.6) is 0 Å². The molecule has 0 unspecified atom stereocenters. The van der Waals surface area contributed by atoms with Crippen LogP contribution in [0.25, 0.3) is 21.9 Å². The maximum atomic E-state index is 14.1. The van der Waals surface area contributed by atoms with E-state index in [1.165, 1.54) is 0 Å². The van der Waals surface area contributed by atoms with Gasteiger partial charge >= 0.3 is 0 Å². The summed E-state index contributed by atoms with van der Waals surface area (Å²) in [6.45, 7) is 2.97. The number of nitrogens with one attached hydrogen (secondary N) is 1. The van der Waals surface area contributed by atoms with Gasteiger partial charge in [0.2, 0.25) is 10.0 Å². The average molecular weight is 549 g/mol. The summed E-state index contributed by atoms with van der Waals surface area (Å²) in [7, 11) is -3.73. The Balaban J connectivity index is 1.31. The number of rotatable bonds is 8. The molecule has 2 heterocycles. The SMILES string of the molecule is O=S(=O)(c1cccc2ccccc12)N1CCN(CCCNc2cccnc2)c2ccc(-c3ccccc3)cc2C1. The number of hydrogen-bond donors (Lipinski definition) is 1. The molecule has 6 rings (SSSR count). The van der Waals surface area contributed by atoms with E-state index in [0.717, 1.165) is 58.3 Å². The van der Waals surface area contributed by atoms with Crippen LogP contribution >= 0.6 is 0 Å². The molecule has 0 fully saturated rings. The molecule has 1 aromatic heterocycles. The Morgan fingerprint density at radius 1 is 0.800 bits per heavy atom. The first-order valence-corrected chi connectivity index (χ1v) is 15.1. The molecule has 0 atom stereocenters. The van der Waals surface area contributed by atoms with Gasteiger partial charge in [-0.15, -0.1) is 0 Å². The fourth-order valence-corrected chi connectivity index (χ4v) is 7.04. The lowest BCUT2D eigenvalue weighted by atomic mass is 10.0. The van der Waals surface area contributed by atoms with Crippen LogP contribution in [0.1, 0.15) is 12.0 Å². The molecule has 1 aliphatic heterocycles. The van der Waals surface area contributed by atoms with Crippen LogP contribution in [0.3, 0.4) is 0 Å². The second kappa shape index (κ2) is 11.5. The molecule has 0 saturated heterocycles. The third kappa shape index (κ3) is 5.43. The molecule has 202 valence electrons. The number of anilines is 2. The molecule has 0 radical (unpaired) electrons.